The molecule has 0 saturated heterocycles. The van der Waals surface area contributed by atoms with Crippen LogP contribution in [0.3, 0.4) is 0 Å². The van der Waals surface area contributed by atoms with Crippen molar-refractivity contribution < 1.29 is 4.79 Å². The molecule has 4 nitrogen and oxygen atoms in total. The zero-order chi connectivity index (χ0) is 11.4. The van der Waals surface area contributed by atoms with Gasteiger partial charge in [0.25, 0.3) is 5.91 Å². The van der Waals surface area contributed by atoms with Crippen molar-refractivity contribution in [2.45, 2.75) is 26.8 Å². The maximum atomic E-state index is 11.8. The minimum atomic E-state index is -0.0448. The average Bonchev–Trinajstić information content (AvgIpc) is 2.60. The van der Waals surface area contributed by atoms with Gasteiger partial charge in [0.05, 0.1) is 11.8 Å². The van der Waals surface area contributed by atoms with Crippen LogP contribution in [0.1, 0.15) is 29.9 Å². The number of aryl methyl sites for hydroxylation is 1. The molecule has 84 valence electrons. The molecule has 0 aliphatic carbocycles. The maximum Gasteiger partial charge on any atom is 0.254 e. The topological polar surface area (TPSA) is 57.8 Å². The Hall–Kier alpha value is -0.590. The molecular weight excluding hydrogens is 305 g/mol. The van der Waals surface area contributed by atoms with Gasteiger partial charge in [-0.3, -0.25) is 9.89 Å². The number of H-pyrrole nitrogens is 1. The van der Waals surface area contributed by atoms with Gasteiger partial charge >= 0.3 is 0 Å². The van der Waals surface area contributed by atoms with Crippen LogP contribution in [0.25, 0.3) is 0 Å². The normalized spacial score (nSPS) is 12.9. The largest absolute Gasteiger partial charge is 0.348 e. The predicted molar refractivity (Wildman–Crippen MR) is 68.3 cm³/mol. The van der Waals surface area contributed by atoms with Crippen LogP contribution in [0.4, 0.5) is 0 Å². The first-order valence-corrected chi connectivity index (χ1v) is 6.45. The Balaban J connectivity index is 2.67. The Kier molecular flexibility index (Phi) is 4.56. The highest BCUT2D eigenvalue weighted by Gasteiger charge is 2.17. The quantitative estimate of drug-likeness (QED) is 0.657. The van der Waals surface area contributed by atoms with E-state index in [1.54, 1.807) is 6.20 Å². The van der Waals surface area contributed by atoms with Crippen molar-refractivity contribution in [2.24, 2.45) is 5.92 Å². The van der Waals surface area contributed by atoms with Gasteiger partial charge in [0.1, 0.15) is 0 Å². The third-order valence-corrected chi connectivity index (χ3v) is 3.31. The highest BCUT2D eigenvalue weighted by atomic mass is 127. The van der Waals surface area contributed by atoms with Crippen LogP contribution in [0.5, 0.6) is 0 Å². The number of hydrogen-bond donors (Lipinski definition) is 2. The molecular formula is C10H16IN3O. The minimum absolute atomic E-state index is 0.0448. The molecule has 0 fully saturated rings. The summed E-state index contributed by atoms with van der Waals surface area (Å²) in [7, 11) is 0. The fourth-order valence-electron chi connectivity index (χ4n) is 1.21. The smallest absolute Gasteiger partial charge is 0.254 e. The summed E-state index contributed by atoms with van der Waals surface area (Å²) in [5, 5.41) is 9.59. The first-order valence-electron chi connectivity index (χ1n) is 4.93. The molecule has 0 bridgehead atoms. The summed E-state index contributed by atoms with van der Waals surface area (Å²) in [5.74, 6) is 0.398. The molecule has 0 radical (unpaired) electrons. The number of nitrogens with one attached hydrogen (secondary N) is 2. The van der Waals surface area contributed by atoms with E-state index in [9.17, 15) is 4.79 Å². The summed E-state index contributed by atoms with van der Waals surface area (Å²) in [4.78, 5) is 11.8. The van der Waals surface area contributed by atoms with Crippen molar-refractivity contribution in [2.75, 3.05) is 4.43 Å². The molecule has 1 amide bonds. The lowest BCUT2D eigenvalue weighted by Gasteiger charge is -2.19. The first kappa shape index (κ1) is 12.5. The molecule has 1 atom stereocenters. The van der Waals surface area contributed by atoms with Gasteiger partial charge in [-0.1, -0.05) is 36.4 Å². The number of halogens is 1. The van der Waals surface area contributed by atoms with Gasteiger partial charge in [-0.25, -0.2) is 0 Å². The van der Waals surface area contributed by atoms with Crippen molar-refractivity contribution in [1.29, 1.82) is 0 Å². The van der Waals surface area contributed by atoms with Crippen molar-refractivity contribution in [1.82, 2.24) is 15.5 Å². The molecule has 5 heteroatoms. The number of nitrogens with zero attached hydrogens (tertiary/aromatic N) is 1. The van der Waals surface area contributed by atoms with Crippen LogP contribution < -0.4 is 5.32 Å². The second-order valence-electron chi connectivity index (χ2n) is 3.89. The van der Waals surface area contributed by atoms with Gasteiger partial charge in [-0.05, 0) is 12.8 Å². The molecule has 1 aromatic rings. The molecule has 1 rings (SSSR count). The van der Waals surface area contributed by atoms with E-state index in [1.165, 1.54) is 0 Å². The first-order chi connectivity index (χ1) is 7.06. The molecule has 1 heterocycles. The molecule has 0 saturated carbocycles. The number of rotatable bonds is 4. The van der Waals surface area contributed by atoms with E-state index in [1.807, 2.05) is 6.92 Å². The van der Waals surface area contributed by atoms with Crippen LogP contribution in [0.2, 0.25) is 0 Å². The number of hydrogen-bond acceptors (Lipinski definition) is 2. The molecule has 1 aromatic heterocycles. The van der Waals surface area contributed by atoms with E-state index in [0.717, 1.165) is 10.1 Å². The van der Waals surface area contributed by atoms with Gasteiger partial charge in [-0.15, -0.1) is 0 Å². The zero-order valence-electron chi connectivity index (χ0n) is 9.17. The fraction of sp³-hybridized carbons (Fsp3) is 0.600. The number of carbonyl (C=O) groups excluding carboxylic acids is 1. The lowest BCUT2D eigenvalue weighted by atomic mass is 10.1. The Morgan fingerprint density at radius 3 is 2.73 bits per heavy atom. The van der Waals surface area contributed by atoms with Crippen LogP contribution in [0.15, 0.2) is 6.20 Å². The lowest BCUT2D eigenvalue weighted by Crippen LogP contribution is -2.39. The monoisotopic (exact) mass is 321 g/mol. The van der Waals surface area contributed by atoms with E-state index in [0.29, 0.717) is 11.5 Å². The minimum Gasteiger partial charge on any atom is -0.348 e. The second-order valence-corrected chi connectivity index (χ2v) is 4.77. The van der Waals surface area contributed by atoms with E-state index >= 15 is 0 Å². The fourth-order valence-corrected chi connectivity index (χ4v) is 2.45. The van der Waals surface area contributed by atoms with Crippen molar-refractivity contribution >= 4 is 28.5 Å². The summed E-state index contributed by atoms with van der Waals surface area (Å²) in [6, 6.07) is 0.215. The molecule has 2 N–H and O–H groups in total. The van der Waals surface area contributed by atoms with Gasteiger partial charge < -0.3 is 5.32 Å². The van der Waals surface area contributed by atoms with Crippen LogP contribution in [-0.2, 0) is 0 Å². The van der Waals surface area contributed by atoms with Crippen LogP contribution in [-0.4, -0.2) is 26.6 Å². The molecule has 0 spiro atoms. The van der Waals surface area contributed by atoms with Gasteiger partial charge in [0.2, 0.25) is 0 Å². The highest BCUT2D eigenvalue weighted by Crippen LogP contribution is 2.08. The Bertz CT molecular complexity index is 335. The predicted octanol–water partition coefficient (Wildman–Crippen LogP) is 1.91. The second kappa shape index (κ2) is 5.48. The molecule has 15 heavy (non-hydrogen) atoms. The maximum absolute atomic E-state index is 11.8. The Labute approximate surface area is 103 Å². The summed E-state index contributed by atoms with van der Waals surface area (Å²) >= 11 is 2.29. The number of amides is 1. The Morgan fingerprint density at radius 1 is 1.67 bits per heavy atom. The van der Waals surface area contributed by atoms with E-state index < -0.39 is 0 Å². The average molecular weight is 321 g/mol. The van der Waals surface area contributed by atoms with Gasteiger partial charge in [0.15, 0.2) is 0 Å². The van der Waals surface area contributed by atoms with E-state index in [4.69, 9.17) is 0 Å². The molecule has 0 aromatic carbocycles. The van der Waals surface area contributed by atoms with Gasteiger partial charge in [-0.2, -0.15) is 5.10 Å². The van der Waals surface area contributed by atoms with Gasteiger partial charge in [0, 0.05) is 16.2 Å². The van der Waals surface area contributed by atoms with E-state index in [2.05, 4.69) is 52.0 Å². The van der Waals surface area contributed by atoms with E-state index in [-0.39, 0.29) is 11.9 Å². The van der Waals surface area contributed by atoms with Crippen LogP contribution >= 0.6 is 22.6 Å². The summed E-state index contributed by atoms with van der Waals surface area (Å²) in [6.45, 7) is 6.05. The number of aromatic nitrogens is 2. The van der Waals surface area contributed by atoms with Crippen molar-refractivity contribution in [3.8, 4) is 0 Å². The third kappa shape index (κ3) is 3.19. The third-order valence-electron chi connectivity index (χ3n) is 2.36. The Morgan fingerprint density at radius 2 is 2.33 bits per heavy atom. The summed E-state index contributed by atoms with van der Waals surface area (Å²) < 4.78 is 0.915. The standard InChI is InChI=1S/C10H16IN3O/c1-6(2)9(4-11)13-10(15)8-5-12-14-7(8)3/h5-6,9H,4H2,1-3H3,(H,12,14)(H,13,15). The van der Waals surface area contributed by atoms with Crippen molar-refractivity contribution in [3.63, 3.8) is 0 Å². The molecule has 0 aliphatic heterocycles. The number of carbonyl (C=O) groups is 1. The van der Waals surface area contributed by atoms with Crippen molar-refractivity contribution in [3.05, 3.63) is 17.5 Å². The summed E-state index contributed by atoms with van der Waals surface area (Å²) in [6.07, 6.45) is 1.56. The van der Waals surface area contributed by atoms with Crippen LogP contribution in [0, 0.1) is 12.8 Å². The number of alkyl halides is 1. The molecule has 1 unspecified atom stereocenters. The SMILES string of the molecule is Cc1[nH]ncc1C(=O)NC(CI)C(C)C. The highest BCUT2D eigenvalue weighted by molar-refractivity contribution is 14.1. The lowest BCUT2D eigenvalue weighted by molar-refractivity contribution is 0.0931. The molecule has 0 aliphatic rings. The summed E-state index contributed by atoms with van der Waals surface area (Å²) in [5.41, 5.74) is 1.44. The zero-order valence-corrected chi connectivity index (χ0v) is 11.3. The number of aromatic amines is 1.